The van der Waals surface area contributed by atoms with Crippen molar-refractivity contribution >= 4 is 0 Å². The molecule has 0 heterocycles. The molecule has 0 aliphatic carbocycles. The van der Waals surface area contributed by atoms with Crippen LogP contribution in [0.15, 0.2) is 30.7 Å². The number of hydrogen-bond acceptors (Lipinski definition) is 6. The minimum atomic E-state index is -0.211. The van der Waals surface area contributed by atoms with Gasteiger partial charge in [-0.1, -0.05) is 30.7 Å². The number of hydrogen-bond donors (Lipinski definition) is 0. The normalized spacial score (nSPS) is 8.80. The molecule has 0 saturated carbocycles. The quantitative estimate of drug-likeness (QED) is 0.202. The molecule has 0 unspecified atom stereocenters. The average molecular weight is 408 g/mol. The molecule has 0 saturated heterocycles. The van der Waals surface area contributed by atoms with Crippen LogP contribution in [0.3, 0.4) is 0 Å². The SMILES string of the molecule is [N-]=[N+]=NCc1c(CN=[N+]=[N-])c(CN=[N+]=[N-])c(CN=[N+]=[N-])c(CN=[N+]=[N-])c1CN=[N+]=[N-]. The highest BCUT2D eigenvalue weighted by Gasteiger charge is 2.21. The predicted molar refractivity (Wildman–Crippen MR) is 104 cm³/mol. The van der Waals surface area contributed by atoms with E-state index in [1.807, 2.05) is 0 Å². The van der Waals surface area contributed by atoms with E-state index in [1.54, 1.807) is 0 Å². The third-order valence-corrected chi connectivity index (χ3v) is 3.94. The fraction of sp³-hybridized carbons (Fsp3) is 0.500. The van der Waals surface area contributed by atoms with E-state index in [4.69, 9.17) is 33.2 Å². The first-order chi connectivity index (χ1) is 14.7. The van der Waals surface area contributed by atoms with Gasteiger partial charge in [-0.05, 0) is 66.6 Å². The summed E-state index contributed by atoms with van der Waals surface area (Å²) in [6.45, 7) is -1.27. The van der Waals surface area contributed by atoms with Crippen LogP contribution in [0.5, 0.6) is 0 Å². The molecule has 30 heavy (non-hydrogen) atoms. The monoisotopic (exact) mass is 408 g/mol. The van der Waals surface area contributed by atoms with Crippen molar-refractivity contribution in [3.8, 4) is 0 Å². The molecule has 1 aromatic carbocycles. The van der Waals surface area contributed by atoms with Gasteiger partial charge in [-0.25, -0.2) is 0 Å². The van der Waals surface area contributed by atoms with E-state index >= 15 is 0 Å². The van der Waals surface area contributed by atoms with Crippen LogP contribution in [0.25, 0.3) is 62.7 Å². The van der Waals surface area contributed by atoms with Gasteiger partial charge in [0.2, 0.25) is 0 Å². The molecule has 0 aliphatic heterocycles. The van der Waals surface area contributed by atoms with Gasteiger partial charge in [0.05, 0.1) is 39.3 Å². The van der Waals surface area contributed by atoms with Crippen molar-refractivity contribution in [3.63, 3.8) is 0 Å². The lowest BCUT2D eigenvalue weighted by Gasteiger charge is -2.23. The van der Waals surface area contributed by atoms with Crippen molar-refractivity contribution < 1.29 is 0 Å². The Labute approximate surface area is 166 Å². The highest BCUT2D eigenvalue weighted by atomic mass is 15.2. The Balaban J connectivity index is 4.17. The third kappa shape index (κ3) is 6.06. The number of rotatable bonds is 12. The Kier molecular flexibility index (Phi) is 10.2. The van der Waals surface area contributed by atoms with Crippen molar-refractivity contribution in [1.29, 1.82) is 0 Å². The Morgan fingerprint density at radius 2 is 0.467 bits per heavy atom. The van der Waals surface area contributed by atoms with Gasteiger partial charge >= 0.3 is 0 Å². The van der Waals surface area contributed by atoms with Gasteiger partial charge in [-0.15, -0.1) is 0 Å². The van der Waals surface area contributed by atoms with Crippen LogP contribution in [0.2, 0.25) is 0 Å². The van der Waals surface area contributed by atoms with Crippen molar-refractivity contribution in [3.05, 3.63) is 96.0 Å². The molecule has 0 amide bonds. The van der Waals surface area contributed by atoms with Gasteiger partial charge in [-0.3, -0.25) is 0 Å². The zero-order valence-corrected chi connectivity index (χ0v) is 15.3. The van der Waals surface area contributed by atoms with Crippen LogP contribution >= 0.6 is 0 Å². The maximum atomic E-state index is 8.76. The van der Waals surface area contributed by atoms with Crippen LogP contribution in [-0.4, -0.2) is 0 Å². The molecule has 0 aliphatic rings. The molecule has 1 rings (SSSR count). The first-order valence-corrected chi connectivity index (χ1v) is 7.92. The lowest BCUT2D eigenvalue weighted by atomic mass is 9.86. The molecule has 0 radical (unpaired) electrons. The van der Waals surface area contributed by atoms with Crippen LogP contribution in [0.4, 0.5) is 0 Å². The van der Waals surface area contributed by atoms with Crippen molar-refractivity contribution in [2.45, 2.75) is 39.3 Å². The molecule has 0 atom stereocenters. The number of nitrogens with zero attached hydrogens (tertiary/aromatic N) is 18. The minimum Gasteiger partial charge on any atom is -0.0893 e. The lowest BCUT2D eigenvalue weighted by molar-refractivity contribution is 0.823. The fourth-order valence-corrected chi connectivity index (χ4v) is 2.85. The third-order valence-electron chi connectivity index (χ3n) is 3.94. The zero-order chi connectivity index (χ0) is 22.2. The van der Waals surface area contributed by atoms with Crippen molar-refractivity contribution in [2.75, 3.05) is 0 Å². The second-order valence-corrected chi connectivity index (χ2v) is 5.21. The van der Waals surface area contributed by atoms with E-state index in [-0.39, 0.29) is 39.3 Å². The van der Waals surface area contributed by atoms with Gasteiger partial charge < -0.3 is 0 Å². The maximum absolute atomic E-state index is 8.76. The Morgan fingerprint density at radius 1 is 0.333 bits per heavy atom. The first kappa shape index (κ1) is 23.1. The molecule has 1 aromatic rings. The minimum absolute atomic E-state index is 0.211. The lowest BCUT2D eigenvalue weighted by Crippen LogP contribution is -2.12. The molecule has 0 bridgehead atoms. The smallest absolute Gasteiger partial charge is 0.0516 e. The molecular formula is C12H12N18. The molecule has 18 heteroatoms. The number of benzene rings is 1. The topological polar surface area (TPSA) is 293 Å². The summed E-state index contributed by atoms with van der Waals surface area (Å²) >= 11 is 0. The molecular weight excluding hydrogens is 396 g/mol. The Hall–Kier alpha value is -4.92. The van der Waals surface area contributed by atoms with Crippen LogP contribution in [0.1, 0.15) is 33.4 Å². The van der Waals surface area contributed by atoms with Crippen LogP contribution in [-0.2, 0) is 39.3 Å². The van der Waals surface area contributed by atoms with E-state index in [9.17, 15) is 0 Å². The molecule has 150 valence electrons. The largest absolute Gasteiger partial charge is 0.0893 e. The van der Waals surface area contributed by atoms with Crippen molar-refractivity contribution in [1.82, 2.24) is 0 Å². The summed E-state index contributed by atoms with van der Waals surface area (Å²) in [6, 6.07) is 0. The van der Waals surface area contributed by atoms with Crippen LogP contribution in [0, 0.1) is 0 Å². The zero-order valence-electron chi connectivity index (χ0n) is 15.3. The van der Waals surface area contributed by atoms with Gasteiger partial charge in [0.15, 0.2) is 0 Å². The maximum Gasteiger partial charge on any atom is 0.0516 e. The van der Waals surface area contributed by atoms with Crippen molar-refractivity contribution in [2.24, 2.45) is 30.7 Å². The summed E-state index contributed by atoms with van der Waals surface area (Å²) in [5.74, 6) is 0. The van der Waals surface area contributed by atoms with E-state index in [0.29, 0.717) is 33.4 Å². The van der Waals surface area contributed by atoms with Crippen LogP contribution < -0.4 is 0 Å². The van der Waals surface area contributed by atoms with Gasteiger partial charge in [-0.2, -0.15) is 0 Å². The van der Waals surface area contributed by atoms with E-state index in [2.05, 4.69) is 60.2 Å². The summed E-state index contributed by atoms with van der Waals surface area (Å²) in [4.78, 5) is 16.3. The van der Waals surface area contributed by atoms with Gasteiger partial charge in [0.25, 0.3) is 0 Å². The van der Waals surface area contributed by atoms with Gasteiger partial charge in [0.1, 0.15) is 0 Å². The summed E-state index contributed by atoms with van der Waals surface area (Å²) in [6.07, 6.45) is 0. The summed E-state index contributed by atoms with van der Waals surface area (Å²) in [7, 11) is 0. The molecule has 0 aromatic heterocycles. The highest BCUT2D eigenvalue weighted by molar-refractivity contribution is 5.53. The highest BCUT2D eigenvalue weighted by Crippen LogP contribution is 2.33. The number of azide groups is 6. The molecule has 0 spiro atoms. The van der Waals surface area contributed by atoms with E-state index in [0.717, 1.165) is 0 Å². The summed E-state index contributed by atoms with van der Waals surface area (Å²) < 4.78 is 0. The first-order valence-electron chi connectivity index (χ1n) is 7.92. The molecule has 0 N–H and O–H groups in total. The second kappa shape index (κ2) is 13.3. The molecule has 0 fully saturated rings. The van der Waals surface area contributed by atoms with E-state index in [1.165, 1.54) is 0 Å². The Bertz CT molecular complexity index is 834. The second-order valence-electron chi connectivity index (χ2n) is 5.21. The predicted octanol–water partition coefficient (Wildman–Crippen LogP) is 6.55. The molecule has 18 nitrogen and oxygen atoms in total. The van der Waals surface area contributed by atoms with E-state index < -0.39 is 0 Å². The standard InChI is InChI=1S/C12H12N18/c13-25-19-1-7-8(2-20-26-14)10(4-22-28-16)12(6-24-30-18)11(5-23-29-17)9(7)3-21-27-15/h1-6H2. The summed E-state index contributed by atoms with van der Waals surface area (Å²) in [5, 5.41) is 21.2. The summed E-state index contributed by atoms with van der Waals surface area (Å²) in [5.41, 5.74) is 54.7. The Morgan fingerprint density at radius 3 is 0.567 bits per heavy atom. The van der Waals surface area contributed by atoms with Gasteiger partial charge in [0, 0.05) is 29.5 Å². The fourth-order valence-electron chi connectivity index (χ4n) is 2.85. The average Bonchev–Trinajstić information content (AvgIpc) is 2.76.